The van der Waals surface area contributed by atoms with Crippen LogP contribution < -0.4 is 5.32 Å². The molecule has 6 heteroatoms. The largest absolute Gasteiger partial charge is 0.460 e. The molecule has 0 bridgehead atoms. The highest BCUT2D eigenvalue weighted by Gasteiger charge is 2.27. The number of ether oxygens (including phenoxy) is 2. The third kappa shape index (κ3) is 6.58. The summed E-state index contributed by atoms with van der Waals surface area (Å²) in [4.78, 5) is 25.7. The van der Waals surface area contributed by atoms with E-state index in [9.17, 15) is 9.59 Å². The predicted molar refractivity (Wildman–Crippen MR) is 90.5 cm³/mol. The van der Waals surface area contributed by atoms with E-state index >= 15 is 0 Å². The highest BCUT2D eigenvalue weighted by molar-refractivity contribution is 5.72. The molecule has 1 aliphatic heterocycles. The highest BCUT2D eigenvalue weighted by atomic mass is 16.6. The Morgan fingerprint density at radius 1 is 1.25 bits per heavy atom. The number of rotatable bonds is 5. The summed E-state index contributed by atoms with van der Waals surface area (Å²) < 4.78 is 10.5. The Hall–Kier alpha value is -2.08. The lowest BCUT2D eigenvalue weighted by molar-refractivity contribution is -0.146. The average molecular weight is 334 g/mol. The number of benzene rings is 1. The molecule has 1 atom stereocenters. The maximum atomic E-state index is 11.9. The van der Waals surface area contributed by atoms with Gasteiger partial charge in [-0.1, -0.05) is 30.3 Å². The molecule has 1 amide bonds. The number of alkyl carbamates (subject to hydrolysis) is 1. The highest BCUT2D eigenvalue weighted by Crippen LogP contribution is 2.12. The molecule has 1 aliphatic rings. The topological polar surface area (TPSA) is 67.9 Å². The molecule has 0 unspecified atom stereocenters. The Labute approximate surface area is 143 Å². The normalized spacial score (nSPS) is 18.2. The monoisotopic (exact) mass is 334 g/mol. The van der Waals surface area contributed by atoms with E-state index in [1.54, 1.807) is 0 Å². The summed E-state index contributed by atoms with van der Waals surface area (Å²) in [5.41, 5.74) is 0.459. The molecule has 1 heterocycles. The second-order valence-corrected chi connectivity index (χ2v) is 7.01. The number of carbonyl (C=O) groups excluding carboxylic acids is 2. The number of carbonyl (C=O) groups is 2. The van der Waals surface area contributed by atoms with Gasteiger partial charge in [-0.3, -0.25) is 9.69 Å². The van der Waals surface area contributed by atoms with Crippen LogP contribution in [0.1, 0.15) is 32.8 Å². The van der Waals surface area contributed by atoms with Crippen molar-refractivity contribution in [1.29, 1.82) is 0 Å². The first-order valence-electron chi connectivity index (χ1n) is 8.23. The molecule has 0 radical (unpaired) electrons. The molecule has 1 aromatic rings. The number of nitrogens with one attached hydrogen (secondary N) is 1. The minimum atomic E-state index is -0.510. The standard InChI is InChI=1S/C18H26N2O4/c1-18(2,3)24-17(22)19-15-9-10-20(11-15)12-16(21)23-13-14-7-5-4-6-8-14/h4-8,15H,9-13H2,1-3H3,(H,19,22)/t15-/m0/s1. The second-order valence-electron chi connectivity index (χ2n) is 7.01. The maximum absolute atomic E-state index is 11.9. The van der Waals surface area contributed by atoms with Gasteiger partial charge in [0.2, 0.25) is 0 Å². The van der Waals surface area contributed by atoms with Gasteiger partial charge in [-0.05, 0) is 32.8 Å². The van der Waals surface area contributed by atoms with E-state index in [1.807, 2.05) is 56.0 Å². The third-order valence-electron chi connectivity index (χ3n) is 3.59. The minimum absolute atomic E-state index is 0.00164. The van der Waals surface area contributed by atoms with E-state index in [0.29, 0.717) is 6.54 Å². The van der Waals surface area contributed by atoms with Crippen molar-refractivity contribution in [3.8, 4) is 0 Å². The Morgan fingerprint density at radius 2 is 1.96 bits per heavy atom. The summed E-state index contributed by atoms with van der Waals surface area (Å²) >= 11 is 0. The lowest BCUT2D eigenvalue weighted by Crippen LogP contribution is -2.41. The van der Waals surface area contributed by atoms with Gasteiger partial charge in [0, 0.05) is 19.1 Å². The first-order valence-corrected chi connectivity index (χ1v) is 8.23. The van der Waals surface area contributed by atoms with E-state index in [0.717, 1.165) is 18.5 Å². The van der Waals surface area contributed by atoms with Gasteiger partial charge in [-0.2, -0.15) is 0 Å². The molecule has 6 nitrogen and oxygen atoms in total. The fraction of sp³-hybridized carbons (Fsp3) is 0.556. The molecule has 1 fully saturated rings. The Kier molecular flexibility index (Phi) is 6.20. The lowest BCUT2D eigenvalue weighted by Gasteiger charge is -2.22. The van der Waals surface area contributed by atoms with Gasteiger partial charge in [0.15, 0.2) is 0 Å². The molecule has 132 valence electrons. The van der Waals surface area contributed by atoms with E-state index < -0.39 is 11.7 Å². The molecule has 2 rings (SSSR count). The average Bonchev–Trinajstić information content (AvgIpc) is 2.91. The molecule has 0 aromatic heterocycles. The summed E-state index contributed by atoms with van der Waals surface area (Å²) in [5.74, 6) is -0.253. The van der Waals surface area contributed by atoms with E-state index in [1.165, 1.54) is 0 Å². The number of hydrogen-bond donors (Lipinski definition) is 1. The van der Waals surface area contributed by atoms with Crippen molar-refractivity contribution in [2.75, 3.05) is 19.6 Å². The van der Waals surface area contributed by atoms with Gasteiger partial charge in [0.1, 0.15) is 12.2 Å². The zero-order chi connectivity index (χ0) is 17.6. The van der Waals surface area contributed by atoms with Crippen molar-refractivity contribution in [1.82, 2.24) is 10.2 Å². The van der Waals surface area contributed by atoms with Gasteiger partial charge in [0.25, 0.3) is 0 Å². The fourth-order valence-electron chi connectivity index (χ4n) is 2.53. The Morgan fingerprint density at radius 3 is 2.62 bits per heavy atom. The van der Waals surface area contributed by atoms with Gasteiger partial charge in [-0.15, -0.1) is 0 Å². The summed E-state index contributed by atoms with van der Waals surface area (Å²) in [5, 5.41) is 2.84. The van der Waals surface area contributed by atoms with Crippen molar-refractivity contribution in [2.45, 2.75) is 45.4 Å². The maximum Gasteiger partial charge on any atom is 0.407 e. The summed E-state index contributed by atoms with van der Waals surface area (Å²) in [6.07, 6.45) is 0.381. The number of hydrogen-bond acceptors (Lipinski definition) is 5. The van der Waals surface area contributed by atoms with Crippen molar-refractivity contribution in [3.05, 3.63) is 35.9 Å². The molecular weight excluding hydrogens is 308 g/mol. The van der Waals surface area contributed by atoms with Gasteiger partial charge in [-0.25, -0.2) is 4.79 Å². The van der Waals surface area contributed by atoms with Crippen molar-refractivity contribution < 1.29 is 19.1 Å². The molecule has 24 heavy (non-hydrogen) atoms. The first kappa shape index (κ1) is 18.3. The van der Waals surface area contributed by atoms with Crippen LogP contribution >= 0.6 is 0 Å². The minimum Gasteiger partial charge on any atom is -0.460 e. The Bertz CT molecular complexity index is 554. The van der Waals surface area contributed by atoms with Crippen molar-refractivity contribution >= 4 is 12.1 Å². The van der Waals surface area contributed by atoms with Crippen LogP contribution in [0.3, 0.4) is 0 Å². The van der Waals surface area contributed by atoms with Crippen LogP contribution in [0.4, 0.5) is 4.79 Å². The molecule has 1 saturated heterocycles. The second kappa shape index (κ2) is 8.15. The van der Waals surface area contributed by atoms with Gasteiger partial charge < -0.3 is 14.8 Å². The summed E-state index contributed by atoms with van der Waals surface area (Å²) in [6, 6.07) is 9.59. The molecule has 0 saturated carbocycles. The smallest absolute Gasteiger partial charge is 0.407 e. The molecule has 1 aromatic carbocycles. The van der Waals surface area contributed by atoms with Crippen molar-refractivity contribution in [2.24, 2.45) is 0 Å². The quantitative estimate of drug-likeness (QED) is 0.837. The van der Waals surface area contributed by atoms with Gasteiger partial charge in [0.05, 0.1) is 6.54 Å². The predicted octanol–water partition coefficient (Wildman–Crippen LogP) is 2.33. The lowest BCUT2D eigenvalue weighted by atomic mass is 10.2. The van der Waals surface area contributed by atoms with Crippen LogP contribution in [0.5, 0.6) is 0 Å². The number of nitrogens with zero attached hydrogens (tertiary/aromatic N) is 1. The SMILES string of the molecule is CC(C)(C)OC(=O)N[C@H]1CCN(CC(=O)OCc2ccccc2)C1. The number of likely N-dealkylation sites (tertiary alicyclic amines) is 1. The van der Waals surface area contributed by atoms with Crippen LogP contribution in [-0.2, 0) is 20.9 Å². The van der Waals surface area contributed by atoms with Crippen LogP contribution in [0, 0.1) is 0 Å². The summed E-state index contributed by atoms with van der Waals surface area (Å²) in [7, 11) is 0. The molecule has 1 N–H and O–H groups in total. The molecule has 0 spiro atoms. The van der Waals surface area contributed by atoms with E-state index in [4.69, 9.17) is 9.47 Å². The fourth-order valence-corrected chi connectivity index (χ4v) is 2.53. The van der Waals surface area contributed by atoms with Crippen LogP contribution in [-0.4, -0.2) is 48.2 Å². The number of esters is 1. The summed E-state index contributed by atoms with van der Waals surface area (Å²) in [6.45, 7) is 7.38. The molecule has 0 aliphatic carbocycles. The zero-order valence-electron chi connectivity index (χ0n) is 14.6. The Balaban J connectivity index is 1.67. The van der Waals surface area contributed by atoms with Crippen molar-refractivity contribution in [3.63, 3.8) is 0 Å². The van der Waals surface area contributed by atoms with E-state index in [-0.39, 0.29) is 25.2 Å². The van der Waals surface area contributed by atoms with E-state index in [2.05, 4.69) is 5.32 Å². The molecular formula is C18H26N2O4. The van der Waals surface area contributed by atoms with Gasteiger partial charge >= 0.3 is 12.1 Å². The number of amides is 1. The van der Waals surface area contributed by atoms with Crippen LogP contribution in [0.2, 0.25) is 0 Å². The zero-order valence-corrected chi connectivity index (χ0v) is 14.6. The van der Waals surface area contributed by atoms with Crippen LogP contribution in [0.15, 0.2) is 30.3 Å². The first-order chi connectivity index (χ1) is 11.3. The third-order valence-corrected chi connectivity index (χ3v) is 3.59. The van der Waals surface area contributed by atoms with Crippen LogP contribution in [0.25, 0.3) is 0 Å².